The SMILES string of the molecule is CC(C)CCn1ccc2nc3ncnn3c(-c3cccc(Cl)c3)c2c1=O. The summed E-state index contributed by atoms with van der Waals surface area (Å²) in [5.74, 6) is 0.965. The van der Waals surface area contributed by atoms with Gasteiger partial charge in [0.1, 0.15) is 6.33 Å². The molecule has 0 N–H and O–H groups in total. The van der Waals surface area contributed by atoms with Crippen LogP contribution in [0.25, 0.3) is 27.9 Å². The standard InChI is InChI=1S/C19H18ClN5O/c1-12(2)6-8-24-9-7-15-16(18(24)26)17(13-4-3-5-14(20)10-13)25-19(23-15)21-11-22-25/h3-5,7,9-12H,6,8H2,1-2H3. The van der Waals surface area contributed by atoms with E-state index in [9.17, 15) is 4.79 Å². The summed E-state index contributed by atoms with van der Waals surface area (Å²) in [5, 5.41) is 5.39. The molecule has 0 saturated carbocycles. The van der Waals surface area contributed by atoms with Crippen LogP contribution in [0.3, 0.4) is 0 Å². The van der Waals surface area contributed by atoms with Gasteiger partial charge in [-0.05, 0) is 30.5 Å². The van der Waals surface area contributed by atoms with Gasteiger partial charge in [0.25, 0.3) is 11.3 Å². The Bertz CT molecular complexity index is 1160. The molecule has 6 nitrogen and oxygen atoms in total. The van der Waals surface area contributed by atoms with Crippen molar-refractivity contribution in [2.75, 3.05) is 0 Å². The fourth-order valence-corrected chi connectivity index (χ4v) is 3.23. The lowest BCUT2D eigenvalue weighted by molar-refractivity contribution is 0.509. The third-order valence-electron chi connectivity index (χ3n) is 4.39. The number of nitrogens with zero attached hydrogens (tertiary/aromatic N) is 5. The maximum absolute atomic E-state index is 13.2. The van der Waals surface area contributed by atoms with E-state index in [1.165, 1.54) is 6.33 Å². The largest absolute Gasteiger partial charge is 0.315 e. The summed E-state index contributed by atoms with van der Waals surface area (Å²) < 4.78 is 3.34. The van der Waals surface area contributed by atoms with Crippen molar-refractivity contribution in [1.29, 1.82) is 0 Å². The van der Waals surface area contributed by atoms with E-state index >= 15 is 0 Å². The molecule has 4 aromatic rings. The summed E-state index contributed by atoms with van der Waals surface area (Å²) in [6.45, 7) is 4.95. The van der Waals surface area contributed by atoms with Crippen LogP contribution in [0.5, 0.6) is 0 Å². The molecule has 0 amide bonds. The van der Waals surface area contributed by atoms with E-state index in [2.05, 4.69) is 28.9 Å². The number of fused-ring (bicyclic) bond motifs is 2. The Kier molecular flexibility index (Phi) is 4.20. The summed E-state index contributed by atoms with van der Waals surface area (Å²) in [4.78, 5) is 21.9. The van der Waals surface area contributed by atoms with E-state index in [0.717, 1.165) is 12.0 Å². The van der Waals surface area contributed by atoms with Crippen LogP contribution in [0, 0.1) is 5.92 Å². The van der Waals surface area contributed by atoms with Gasteiger partial charge in [-0.2, -0.15) is 14.6 Å². The van der Waals surface area contributed by atoms with Gasteiger partial charge < -0.3 is 4.57 Å². The number of rotatable bonds is 4. The molecule has 3 aromatic heterocycles. The molecule has 0 saturated heterocycles. The van der Waals surface area contributed by atoms with Gasteiger partial charge in [-0.25, -0.2) is 4.98 Å². The first kappa shape index (κ1) is 16.7. The summed E-state index contributed by atoms with van der Waals surface area (Å²) >= 11 is 6.18. The molecule has 4 rings (SSSR count). The normalized spacial score (nSPS) is 11.7. The first-order chi connectivity index (χ1) is 12.5. The minimum absolute atomic E-state index is 0.0805. The first-order valence-corrected chi connectivity index (χ1v) is 8.91. The second-order valence-corrected chi connectivity index (χ2v) is 7.14. The monoisotopic (exact) mass is 367 g/mol. The van der Waals surface area contributed by atoms with E-state index in [4.69, 9.17) is 11.6 Å². The van der Waals surface area contributed by atoms with Crippen LogP contribution >= 0.6 is 11.6 Å². The number of aromatic nitrogens is 5. The van der Waals surface area contributed by atoms with Crippen LogP contribution in [0.2, 0.25) is 5.02 Å². The van der Waals surface area contributed by atoms with Crippen LogP contribution in [-0.4, -0.2) is 24.1 Å². The molecule has 0 fully saturated rings. The number of pyridine rings is 1. The highest BCUT2D eigenvalue weighted by molar-refractivity contribution is 6.30. The molecule has 0 spiro atoms. The van der Waals surface area contributed by atoms with Gasteiger partial charge in [0.05, 0.1) is 16.6 Å². The highest BCUT2D eigenvalue weighted by atomic mass is 35.5. The second kappa shape index (κ2) is 6.53. The van der Waals surface area contributed by atoms with Crippen LogP contribution in [0.1, 0.15) is 20.3 Å². The molecule has 0 radical (unpaired) electrons. The van der Waals surface area contributed by atoms with Crippen LogP contribution in [-0.2, 0) is 6.54 Å². The lowest BCUT2D eigenvalue weighted by Crippen LogP contribution is -2.22. The zero-order valence-corrected chi connectivity index (χ0v) is 15.3. The molecular formula is C19H18ClN5O. The molecule has 26 heavy (non-hydrogen) atoms. The third-order valence-corrected chi connectivity index (χ3v) is 4.62. The predicted octanol–water partition coefficient (Wildman–Crippen LogP) is 3.81. The maximum Gasteiger partial charge on any atom is 0.262 e. The first-order valence-electron chi connectivity index (χ1n) is 8.53. The quantitative estimate of drug-likeness (QED) is 0.550. The number of hydrogen-bond acceptors (Lipinski definition) is 4. The number of halogens is 1. The molecule has 1 aromatic carbocycles. The molecule has 0 unspecified atom stereocenters. The topological polar surface area (TPSA) is 65.1 Å². The van der Waals surface area contributed by atoms with Gasteiger partial charge in [-0.3, -0.25) is 4.79 Å². The Morgan fingerprint density at radius 3 is 2.85 bits per heavy atom. The van der Waals surface area contributed by atoms with Crippen molar-refractivity contribution in [3.8, 4) is 11.3 Å². The van der Waals surface area contributed by atoms with Gasteiger partial charge >= 0.3 is 0 Å². The van der Waals surface area contributed by atoms with E-state index in [1.54, 1.807) is 21.3 Å². The highest BCUT2D eigenvalue weighted by Gasteiger charge is 2.17. The molecule has 0 aliphatic rings. The highest BCUT2D eigenvalue weighted by Crippen LogP contribution is 2.27. The third kappa shape index (κ3) is 2.86. The summed E-state index contributed by atoms with van der Waals surface area (Å²) in [6.07, 6.45) is 4.16. The second-order valence-electron chi connectivity index (χ2n) is 6.70. The lowest BCUT2D eigenvalue weighted by atomic mass is 10.1. The molecule has 7 heteroatoms. The van der Waals surface area contributed by atoms with Crippen molar-refractivity contribution >= 4 is 28.3 Å². The van der Waals surface area contributed by atoms with Crippen LogP contribution in [0.15, 0.2) is 47.7 Å². The molecule has 0 aliphatic carbocycles. The smallest absolute Gasteiger partial charge is 0.262 e. The van der Waals surface area contributed by atoms with Crippen molar-refractivity contribution in [3.63, 3.8) is 0 Å². The average molecular weight is 368 g/mol. The van der Waals surface area contributed by atoms with Gasteiger partial charge in [0.2, 0.25) is 0 Å². The fourth-order valence-electron chi connectivity index (χ4n) is 3.04. The zero-order valence-electron chi connectivity index (χ0n) is 14.6. The zero-order chi connectivity index (χ0) is 18.3. The Morgan fingerprint density at radius 2 is 2.08 bits per heavy atom. The van der Waals surface area contributed by atoms with E-state index in [1.807, 2.05) is 24.3 Å². The number of benzene rings is 1. The number of aryl methyl sites for hydroxylation is 1. The minimum Gasteiger partial charge on any atom is -0.315 e. The Balaban J connectivity index is 2.06. The van der Waals surface area contributed by atoms with Gasteiger partial charge in [-0.15, -0.1) is 0 Å². The van der Waals surface area contributed by atoms with Gasteiger partial charge in [-0.1, -0.05) is 37.6 Å². The Labute approximate surface area is 155 Å². The van der Waals surface area contributed by atoms with Crippen molar-refractivity contribution in [3.05, 3.63) is 58.2 Å². The Hall–Kier alpha value is -2.73. The molecular weight excluding hydrogens is 350 g/mol. The van der Waals surface area contributed by atoms with Crippen molar-refractivity contribution in [2.24, 2.45) is 5.92 Å². The van der Waals surface area contributed by atoms with Gasteiger partial charge in [0.15, 0.2) is 0 Å². The lowest BCUT2D eigenvalue weighted by Gasteiger charge is -2.12. The predicted molar refractivity (Wildman–Crippen MR) is 102 cm³/mol. The minimum atomic E-state index is -0.0805. The van der Waals surface area contributed by atoms with Crippen LogP contribution < -0.4 is 5.56 Å². The van der Waals surface area contributed by atoms with E-state index in [-0.39, 0.29) is 5.56 Å². The Morgan fingerprint density at radius 1 is 1.23 bits per heavy atom. The average Bonchev–Trinajstić information content (AvgIpc) is 3.07. The number of hydrogen-bond donors (Lipinski definition) is 0. The molecule has 0 atom stereocenters. The summed E-state index contributed by atoms with van der Waals surface area (Å²) in [6, 6.07) is 9.25. The van der Waals surface area contributed by atoms with E-state index in [0.29, 0.717) is 39.9 Å². The molecule has 3 heterocycles. The summed E-state index contributed by atoms with van der Waals surface area (Å²) in [7, 11) is 0. The molecule has 0 aliphatic heterocycles. The molecule has 132 valence electrons. The molecule has 0 bridgehead atoms. The van der Waals surface area contributed by atoms with Crippen molar-refractivity contribution in [1.82, 2.24) is 24.1 Å². The van der Waals surface area contributed by atoms with E-state index < -0.39 is 0 Å². The fraction of sp³-hybridized carbons (Fsp3) is 0.263. The van der Waals surface area contributed by atoms with Crippen LogP contribution in [0.4, 0.5) is 0 Å². The summed E-state index contributed by atoms with van der Waals surface area (Å²) in [5.41, 5.74) is 1.99. The van der Waals surface area contributed by atoms with Crippen molar-refractivity contribution < 1.29 is 0 Å². The maximum atomic E-state index is 13.2. The van der Waals surface area contributed by atoms with Crippen molar-refractivity contribution in [2.45, 2.75) is 26.8 Å². The van der Waals surface area contributed by atoms with Gasteiger partial charge in [0, 0.05) is 23.3 Å².